The molecule has 2 aliphatic carbocycles. The normalized spacial score (nSPS) is 38.1. The third kappa shape index (κ3) is 2.10. The van der Waals surface area contributed by atoms with Crippen molar-refractivity contribution in [3.05, 3.63) is 0 Å². The molecule has 0 N–H and O–H groups in total. The zero-order valence-corrected chi connectivity index (χ0v) is 8.76. The minimum Gasteiger partial charge on any atom is -0.451 e. The molecule has 2 heteroatoms. The summed E-state index contributed by atoms with van der Waals surface area (Å²) in [7, 11) is 0. The molecule has 0 saturated heterocycles. The maximum absolute atomic E-state index is 10.4. The number of ether oxygens (including phenoxy) is 1. The quantitative estimate of drug-likeness (QED) is 0.677. The van der Waals surface area contributed by atoms with Crippen molar-refractivity contribution in [1.82, 2.24) is 0 Å². The second-order valence-corrected chi connectivity index (χ2v) is 4.91. The molecule has 0 aliphatic heterocycles. The standard InChI is InChI=1S/C12H19O2/c13-10-14-12-7-2-1-4-11(6-9-12)5-3-8-12/h11H,1-9H2. The van der Waals surface area contributed by atoms with Gasteiger partial charge < -0.3 is 4.74 Å². The molecule has 2 aliphatic rings. The van der Waals surface area contributed by atoms with E-state index in [2.05, 4.69) is 0 Å². The number of hydrogen-bond donors (Lipinski definition) is 0. The van der Waals surface area contributed by atoms with Gasteiger partial charge in [0.15, 0.2) is 0 Å². The van der Waals surface area contributed by atoms with Gasteiger partial charge in [0, 0.05) is 0 Å². The van der Waals surface area contributed by atoms with E-state index in [1.807, 2.05) is 0 Å². The Morgan fingerprint density at radius 2 is 1.79 bits per heavy atom. The van der Waals surface area contributed by atoms with Gasteiger partial charge >= 0.3 is 6.47 Å². The van der Waals surface area contributed by atoms with Crippen LogP contribution in [0, 0.1) is 5.92 Å². The van der Waals surface area contributed by atoms with Crippen molar-refractivity contribution in [3.63, 3.8) is 0 Å². The summed E-state index contributed by atoms with van der Waals surface area (Å²) in [4.78, 5) is 10.4. The molecular weight excluding hydrogens is 176 g/mol. The highest BCUT2D eigenvalue weighted by Gasteiger charge is 2.36. The lowest BCUT2D eigenvalue weighted by Crippen LogP contribution is -2.32. The van der Waals surface area contributed by atoms with Crippen molar-refractivity contribution in [2.45, 2.75) is 63.4 Å². The zero-order chi connectivity index (χ0) is 9.86. The average Bonchev–Trinajstić information content (AvgIpc) is 2.28. The van der Waals surface area contributed by atoms with Crippen LogP contribution in [0.15, 0.2) is 0 Å². The second kappa shape index (κ2) is 4.33. The largest absolute Gasteiger partial charge is 0.451 e. The van der Waals surface area contributed by atoms with Gasteiger partial charge in [0.1, 0.15) is 5.60 Å². The predicted octanol–water partition coefficient (Wildman–Crippen LogP) is 2.96. The molecule has 2 fully saturated rings. The Morgan fingerprint density at radius 3 is 2.64 bits per heavy atom. The average molecular weight is 195 g/mol. The highest BCUT2D eigenvalue weighted by atomic mass is 16.5. The molecule has 1 radical (unpaired) electrons. The zero-order valence-electron chi connectivity index (χ0n) is 8.76. The minimum atomic E-state index is -0.128. The van der Waals surface area contributed by atoms with E-state index in [1.165, 1.54) is 38.5 Å². The highest BCUT2D eigenvalue weighted by Crippen LogP contribution is 2.40. The van der Waals surface area contributed by atoms with Crippen LogP contribution in [0.2, 0.25) is 0 Å². The summed E-state index contributed by atoms with van der Waals surface area (Å²) in [6, 6.07) is 0. The van der Waals surface area contributed by atoms with Gasteiger partial charge in [-0.25, -0.2) is 4.79 Å². The molecule has 0 amide bonds. The third-order valence-electron chi connectivity index (χ3n) is 4.01. The monoisotopic (exact) mass is 195 g/mol. The fourth-order valence-electron chi connectivity index (χ4n) is 3.11. The molecule has 2 atom stereocenters. The van der Waals surface area contributed by atoms with Crippen molar-refractivity contribution in [3.8, 4) is 0 Å². The number of fused-ring (bicyclic) bond motifs is 3. The Morgan fingerprint density at radius 1 is 1.00 bits per heavy atom. The van der Waals surface area contributed by atoms with Crippen molar-refractivity contribution in [1.29, 1.82) is 0 Å². The minimum absolute atomic E-state index is 0.128. The molecule has 0 spiro atoms. The van der Waals surface area contributed by atoms with E-state index in [0.29, 0.717) is 0 Å². The maximum atomic E-state index is 10.4. The van der Waals surface area contributed by atoms with Crippen LogP contribution in [0.5, 0.6) is 0 Å². The van der Waals surface area contributed by atoms with E-state index in [4.69, 9.17) is 4.74 Å². The van der Waals surface area contributed by atoms with Crippen LogP contribution in [0.3, 0.4) is 0 Å². The van der Waals surface area contributed by atoms with Crippen LogP contribution in [0.1, 0.15) is 57.8 Å². The van der Waals surface area contributed by atoms with Crippen molar-refractivity contribution in [2.24, 2.45) is 5.92 Å². The van der Waals surface area contributed by atoms with E-state index >= 15 is 0 Å². The van der Waals surface area contributed by atoms with Gasteiger partial charge in [0.25, 0.3) is 0 Å². The van der Waals surface area contributed by atoms with Crippen LogP contribution in [-0.4, -0.2) is 12.1 Å². The van der Waals surface area contributed by atoms with Crippen molar-refractivity contribution in [2.75, 3.05) is 0 Å². The summed E-state index contributed by atoms with van der Waals surface area (Å²) in [5.41, 5.74) is -0.128. The molecule has 0 aromatic carbocycles. The lowest BCUT2D eigenvalue weighted by atomic mass is 9.84. The van der Waals surface area contributed by atoms with Gasteiger partial charge in [-0.3, -0.25) is 0 Å². The van der Waals surface area contributed by atoms with Crippen LogP contribution in [0.25, 0.3) is 0 Å². The smallest absolute Gasteiger partial charge is 0.418 e. The van der Waals surface area contributed by atoms with E-state index in [0.717, 1.165) is 25.2 Å². The van der Waals surface area contributed by atoms with E-state index in [1.54, 1.807) is 6.47 Å². The van der Waals surface area contributed by atoms with Crippen LogP contribution < -0.4 is 0 Å². The second-order valence-electron chi connectivity index (χ2n) is 4.91. The first-order chi connectivity index (χ1) is 6.85. The molecule has 2 saturated carbocycles. The Kier molecular flexibility index (Phi) is 3.09. The number of carbonyl (C=O) groups excluding carboxylic acids is 1. The topological polar surface area (TPSA) is 26.3 Å². The Hall–Kier alpha value is -0.530. The molecule has 0 aromatic rings. The van der Waals surface area contributed by atoms with Gasteiger partial charge in [-0.15, -0.1) is 0 Å². The molecule has 79 valence electrons. The molecule has 2 bridgehead atoms. The lowest BCUT2D eigenvalue weighted by molar-refractivity contribution is 0.0207. The molecule has 14 heavy (non-hydrogen) atoms. The Balaban J connectivity index is 2.08. The van der Waals surface area contributed by atoms with Crippen LogP contribution in [-0.2, 0) is 9.53 Å². The van der Waals surface area contributed by atoms with E-state index in [-0.39, 0.29) is 5.60 Å². The third-order valence-corrected chi connectivity index (χ3v) is 4.01. The van der Waals surface area contributed by atoms with E-state index < -0.39 is 0 Å². The summed E-state index contributed by atoms with van der Waals surface area (Å²) in [5.74, 6) is 0.896. The van der Waals surface area contributed by atoms with Crippen LogP contribution in [0.4, 0.5) is 0 Å². The first-order valence-electron chi connectivity index (χ1n) is 5.90. The Labute approximate surface area is 86.0 Å². The fourth-order valence-corrected chi connectivity index (χ4v) is 3.11. The summed E-state index contributed by atoms with van der Waals surface area (Å²) < 4.78 is 5.27. The summed E-state index contributed by atoms with van der Waals surface area (Å²) in [5, 5.41) is 0. The van der Waals surface area contributed by atoms with Gasteiger partial charge in [0.2, 0.25) is 0 Å². The lowest BCUT2D eigenvalue weighted by Gasteiger charge is -2.31. The fraction of sp³-hybridized carbons (Fsp3) is 0.917. The van der Waals surface area contributed by atoms with Gasteiger partial charge in [0.05, 0.1) is 0 Å². The van der Waals surface area contributed by atoms with E-state index in [9.17, 15) is 4.79 Å². The molecule has 0 aromatic heterocycles. The molecule has 0 heterocycles. The maximum Gasteiger partial charge on any atom is 0.418 e. The first-order valence-corrected chi connectivity index (χ1v) is 5.90. The summed E-state index contributed by atoms with van der Waals surface area (Å²) in [6.07, 6.45) is 11.0. The first kappa shape index (κ1) is 10.0. The van der Waals surface area contributed by atoms with Gasteiger partial charge in [-0.05, 0) is 44.4 Å². The summed E-state index contributed by atoms with van der Waals surface area (Å²) in [6.45, 7) is 1.68. The Bertz CT molecular complexity index is 198. The SMILES string of the molecule is O=[C]OC12CCCCC(CCC1)CC2. The summed E-state index contributed by atoms with van der Waals surface area (Å²) >= 11 is 0. The van der Waals surface area contributed by atoms with Gasteiger partial charge in [-0.2, -0.15) is 0 Å². The van der Waals surface area contributed by atoms with Crippen molar-refractivity contribution >= 4 is 6.47 Å². The van der Waals surface area contributed by atoms with Crippen molar-refractivity contribution < 1.29 is 9.53 Å². The van der Waals surface area contributed by atoms with Crippen LogP contribution >= 0.6 is 0 Å². The predicted molar refractivity (Wildman–Crippen MR) is 54.6 cm³/mol. The van der Waals surface area contributed by atoms with Gasteiger partial charge in [-0.1, -0.05) is 19.3 Å². The number of hydrogen-bond acceptors (Lipinski definition) is 2. The highest BCUT2D eigenvalue weighted by molar-refractivity contribution is 5.39. The molecule has 2 nitrogen and oxygen atoms in total. The molecule has 2 unspecified atom stereocenters. The molecular formula is C12H19O2. The molecule has 2 rings (SSSR count). The number of rotatable bonds is 2.